The zero-order valence-corrected chi connectivity index (χ0v) is 11.4. The van der Waals surface area contributed by atoms with Crippen molar-refractivity contribution in [2.24, 2.45) is 11.8 Å². The van der Waals surface area contributed by atoms with Crippen molar-refractivity contribution in [2.45, 2.75) is 19.4 Å². The van der Waals surface area contributed by atoms with E-state index < -0.39 is 17.8 Å². The Morgan fingerprint density at radius 1 is 1.25 bits per heavy atom. The number of aromatic nitrogens is 1. The van der Waals surface area contributed by atoms with Gasteiger partial charge < -0.3 is 10.0 Å². The Balaban J connectivity index is 2.05. The SMILES string of the molecule is CN(Cc1ccncc1)C(=O)[C@@H]1CC=CC[C@@H]1C(=O)O. The van der Waals surface area contributed by atoms with Crippen LogP contribution >= 0.6 is 0 Å². The second-order valence-electron chi connectivity index (χ2n) is 5.04. The highest BCUT2D eigenvalue weighted by molar-refractivity contribution is 5.85. The number of carboxylic acids is 1. The molecule has 2 atom stereocenters. The van der Waals surface area contributed by atoms with E-state index in [-0.39, 0.29) is 5.91 Å². The number of aliphatic carboxylic acids is 1. The maximum absolute atomic E-state index is 12.4. The zero-order chi connectivity index (χ0) is 14.5. The van der Waals surface area contributed by atoms with Crippen molar-refractivity contribution < 1.29 is 14.7 Å². The number of rotatable bonds is 4. The van der Waals surface area contributed by atoms with Crippen molar-refractivity contribution in [1.29, 1.82) is 0 Å². The molecule has 0 aliphatic heterocycles. The van der Waals surface area contributed by atoms with Crippen LogP contribution in [0.3, 0.4) is 0 Å². The maximum atomic E-state index is 12.4. The highest BCUT2D eigenvalue weighted by Gasteiger charge is 2.35. The summed E-state index contributed by atoms with van der Waals surface area (Å²) in [4.78, 5) is 29.2. The van der Waals surface area contributed by atoms with Gasteiger partial charge in [0.1, 0.15) is 0 Å². The van der Waals surface area contributed by atoms with E-state index >= 15 is 0 Å². The Hall–Kier alpha value is -2.17. The second-order valence-corrected chi connectivity index (χ2v) is 5.04. The second kappa shape index (κ2) is 6.32. The molecule has 0 fully saturated rings. The topological polar surface area (TPSA) is 70.5 Å². The van der Waals surface area contributed by atoms with Crippen molar-refractivity contribution >= 4 is 11.9 Å². The molecule has 0 radical (unpaired) electrons. The molecule has 1 aliphatic carbocycles. The van der Waals surface area contributed by atoms with Crippen LogP contribution in [0.4, 0.5) is 0 Å². The van der Waals surface area contributed by atoms with Crippen LogP contribution in [0.25, 0.3) is 0 Å². The molecule has 1 amide bonds. The summed E-state index contributed by atoms with van der Waals surface area (Å²) in [5, 5.41) is 9.22. The van der Waals surface area contributed by atoms with E-state index in [4.69, 9.17) is 0 Å². The van der Waals surface area contributed by atoms with Crippen LogP contribution in [0.15, 0.2) is 36.7 Å². The molecule has 0 bridgehead atoms. The number of allylic oxidation sites excluding steroid dienone is 2. The third kappa shape index (κ3) is 3.23. The minimum Gasteiger partial charge on any atom is -0.481 e. The molecule has 5 heteroatoms. The van der Waals surface area contributed by atoms with Gasteiger partial charge in [0.05, 0.1) is 11.8 Å². The quantitative estimate of drug-likeness (QED) is 0.848. The fourth-order valence-electron chi connectivity index (χ4n) is 2.48. The Morgan fingerprint density at radius 2 is 1.85 bits per heavy atom. The average molecular weight is 274 g/mol. The van der Waals surface area contributed by atoms with Gasteiger partial charge in [-0.05, 0) is 30.5 Å². The summed E-state index contributed by atoms with van der Waals surface area (Å²) in [5.41, 5.74) is 0.981. The molecule has 1 aromatic rings. The molecule has 0 spiro atoms. The first-order valence-electron chi connectivity index (χ1n) is 6.61. The normalized spacial score (nSPS) is 21.4. The van der Waals surface area contributed by atoms with Gasteiger partial charge in [0.2, 0.25) is 5.91 Å². The molecule has 5 nitrogen and oxygen atoms in total. The molecule has 0 unspecified atom stereocenters. The smallest absolute Gasteiger partial charge is 0.307 e. The van der Waals surface area contributed by atoms with Gasteiger partial charge in [-0.3, -0.25) is 14.6 Å². The highest BCUT2D eigenvalue weighted by atomic mass is 16.4. The lowest BCUT2D eigenvalue weighted by Gasteiger charge is -2.28. The Kier molecular flexibility index (Phi) is 4.50. The van der Waals surface area contributed by atoms with Gasteiger partial charge in [-0.1, -0.05) is 12.2 Å². The van der Waals surface area contributed by atoms with Crippen molar-refractivity contribution in [3.05, 3.63) is 42.2 Å². The van der Waals surface area contributed by atoms with E-state index in [2.05, 4.69) is 4.98 Å². The third-order valence-electron chi connectivity index (χ3n) is 3.61. The Labute approximate surface area is 117 Å². The van der Waals surface area contributed by atoms with Crippen molar-refractivity contribution in [2.75, 3.05) is 7.05 Å². The highest BCUT2D eigenvalue weighted by Crippen LogP contribution is 2.27. The molecule has 0 saturated carbocycles. The molecule has 1 heterocycles. The largest absolute Gasteiger partial charge is 0.481 e. The maximum Gasteiger partial charge on any atom is 0.307 e. The lowest BCUT2D eigenvalue weighted by atomic mass is 9.82. The van der Waals surface area contributed by atoms with Crippen molar-refractivity contribution in [3.63, 3.8) is 0 Å². The third-order valence-corrected chi connectivity index (χ3v) is 3.61. The Bertz CT molecular complexity index is 513. The molecular formula is C15H18N2O3. The van der Waals surface area contributed by atoms with Crippen LogP contribution < -0.4 is 0 Å². The van der Waals surface area contributed by atoms with Gasteiger partial charge in [0.25, 0.3) is 0 Å². The summed E-state index contributed by atoms with van der Waals surface area (Å²) in [5.74, 6) is -2.10. The van der Waals surface area contributed by atoms with Crippen LogP contribution in [0.1, 0.15) is 18.4 Å². The number of carbonyl (C=O) groups excluding carboxylic acids is 1. The summed E-state index contributed by atoms with van der Waals surface area (Å²) in [6.45, 7) is 0.466. The van der Waals surface area contributed by atoms with Crippen LogP contribution in [0, 0.1) is 11.8 Å². The summed E-state index contributed by atoms with van der Waals surface area (Å²) in [6, 6.07) is 3.69. The molecular weight excluding hydrogens is 256 g/mol. The van der Waals surface area contributed by atoms with Gasteiger partial charge in [-0.15, -0.1) is 0 Å². The number of carbonyl (C=O) groups is 2. The first-order chi connectivity index (χ1) is 9.59. The number of hydrogen-bond acceptors (Lipinski definition) is 3. The van der Waals surface area contributed by atoms with Crippen LogP contribution in [0.5, 0.6) is 0 Å². The minimum atomic E-state index is -0.898. The van der Waals surface area contributed by atoms with Crippen LogP contribution in [0.2, 0.25) is 0 Å². The van der Waals surface area contributed by atoms with E-state index in [0.29, 0.717) is 19.4 Å². The standard InChI is InChI=1S/C15H18N2O3/c1-17(10-11-6-8-16-9-7-11)14(18)12-4-2-3-5-13(12)15(19)20/h2-3,6-9,12-13H,4-5,10H2,1H3,(H,19,20)/t12-,13+/m1/s1. The van der Waals surface area contributed by atoms with E-state index in [1.807, 2.05) is 24.3 Å². The van der Waals surface area contributed by atoms with Crippen LogP contribution in [-0.4, -0.2) is 33.9 Å². The van der Waals surface area contributed by atoms with Gasteiger partial charge >= 0.3 is 5.97 Å². The fourth-order valence-corrected chi connectivity index (χ4v) is 2.48. The zero-order valence-electron chi connectivity index (χ0n) is 11.4. The molecule has 20 heavy (non-hydrogen) atoms. The lowest BCUT2D eigenvalue weighted by molar-refractivity contribution is -0.150. The first-order valence-corrected chi connectivity index (χ1v) is 6.61. The average Bonchev–Trinajstić information content (AvgIpc) is 2.47. The summed E-state index contributed by atoms with van der Waals surface area (Å²) in [6.07, 6.45) is 8.01. The van der Waals surface area contributed by atoms with E-state index in [0.717, 1.165) is 5.56 Å². The van der Waals surface area contributed by atoms with Crippen molar-refractivity contribution in [3.8, 4) is 0 Å². The molecule has 1 N–H and O–H groups in total. The fraction of sp³-hybridized carbons (Fsp3) is 0.400. The van der Waals surface area contributed by atoms with E-state index in [1.165, 1.54) is 0 Å². The summed E-state index contributed by atoms with van der Waals surface area (Å²) < 4.78 is 0. The number of carboxylic acid groups (broad SMARTS) is 1. The molecule has 1 aromatic heterocycles. The predicted molar refractivity (Wildman–Crippen MR) is 73.7 cm³/mol. The van der Waals surface area contributed by atoms with Crippen LogP contribution in [-0.2, 0) is 16.1 Å². The molecule has 1 aliphatic rings. The van der Waals surface area contributed by atoms with Crippen molar-refractivity contribution in [1.82, 2.24) is 9.88 Å². The Morgan fingerprint density at radius 3 is 2.45 bits per heavy atom. The number of pyridine rings is 1. The number of nitrogens with zero attached hydrogens (tertiary/aromatic N) is 2. The van der Waals surface area contributed by atoms with E-state index in [9.17, 15) is 14.7 Å². The molecule has 106 valence electrons. The molecule has 2 rings (SSSR count). The number of amides is 1. The first kappa shape index (κ1) is 14.2. The lowest BCUT2D eigenvalue weighted by Crippen LogP contribution is -2.39. The molecule has 0 saturated heterocycles. The van der Waals surface area contributed by atoms with E-state index in [1.54, 1.807) is 24.3 Å². The van der Waals surface area contributed by atoms with Gasteiger partial charge in [-0.2, -0.15) is 0 Å². The number of hydrogen-bond donors (Lipinski definition) is 1. The van der Waals surface area contributed by atoms with Gasteiger partial charge in [0, 0.05) is 26.0 Å². The summed E-state index contributed by atoms with van der Waals surface area (Å²) >= 11 is 0. The summed E-state index contributed by atoms with van der Waals surface area (Å²) in [7, 11) is 1.71. The monoisotopic (exact) mass is 274 g/mol. The van der Waals surface area contributed by atoms with Gasteiger partial charge in [0.15, 0.2) is 0 Å². The molecule has 0 aromatic carbocycles. The van der Waals surface area contributed by atoms with Gasteiger partial charge in [-0.25, -0.2) is 0 Å². The predicted octanol–water partition coefficient (Wildman–Crippen LogP) is 1.71. The minimum absolute atomic E-state index is 0.112.